The smallest absolute Gasteiger partial charge is 0.321 e. The molecule has 26 heavy (non-hydrogen) atoms. The number of amides is 3. The minimum atomic E-state index is -0.542. The summed E-state index contributed by atoms with van der Waals surface area (Å²) in [6, 6.07) is 6.40. The molecule has 140 valence electrons. The van der Waals surface area contributed by atoms with Crippen LogP contribution in [0.3, 0.4) is 0 Å². The van der Waals surface area contributed by atoms with Crippen LogP contribution in [0.1, 0.15) is 13.3 Å². The summed E-state index contributed by atoms with van der Waals surface area (Å²) in [5.74, 6) is -0.144. The third-order valence-corrected chi connectivity index (χ3v) is 4.10. The predicted molar refractivity (Wildman–Crippen MR) is 98.1 cm³/mol. The molecule has 2 N–H and O–H groups in total. The lowest BCUT2D eigenvalue weighted by atomic mass is 10.2. The van der Waals surface area contributed by atoms with E-state index >= 15 is 0 Å². The fourth-order valence-corrected chi connectivity index (χ4v) is 2.52. The third-order valence-electron chi connectivity index (χ3n) is 3.03. The van der Waals surface area contributed by atoms with Crippen LogP contribution in [0.25, 0.3) is 11.5 Å². The Bertz CT molecular complexity index is 723. The number of nitrogens with one attached hydrogen (secondary N) is 2. The molecule has 0 radical (unpaired) electrons. The number of hydrogen-bond acceptors (Lipinski definition) is 7. The summed E-state index contributed by atoms with van der Waals surface area (Å²) in [5, 5.41) is 13.4. The largest absolute Gasteiger partial charge is 0.411 e. The number of benzene rings is 1. The molecule has 8 nitrogen and oxygen atoms in total. The molecule has 0 fully saturated rings. The molecule has 1 aromatic heterocycles. The maximum absolute atomic E-state index is 11.8. The van der Waals surface area contributed by atoms with E-state index in [0.717, 1.165) is 17.3 Å². The average molecular weight is 399 g/mol. The highest BCUT2D eigenvalue weighted by atomic mass is 35.5. The molecule has 0 aliphatic rings. The van der Waals surface area contributed by atoms with Crippen LogP contribution in [0, 0.1) is 0 Å². The van der Waals surface area contributed by atoms with Gasteiger partial charge < -0.3 is 14.5 Å². The highest BCUT2D eigenvalue weighted by Gasteiger charge is 2.12. The summed E-state index contributed by atoms with van der Waals surface area (Å²) < 4.78 is 10.6. The first-order chi connectivity index (χ1) is 12.6. The third kappa shape index (κ3) is 7.03. The Kier molecular flexibility index (Phi) is 8.39. The van der Waals surface area contributed by atoms with Crippen LogP contribution in [-0.2, 0) is 9.53 Å². The second-order valence-electron chi connectivity index (χ2n) is 5.02. The minimum Gasteiger partial charge on any atom is -0.411 e. The topological polar surface area (TPSA) is 106 Å². The summed E-state index contributed by atoms with van der Waals surface area (Å²) in [7, 11) is 0. The number of carbonyl (C=O) groups is 2. The van der Waals surface area contributed by atoms with Gasteiger partial charge in [0.15, 0.2) is 0 Å². The van der Waals surface area contributed by atoms with Gasteiger partial charge in [-0.25, -0.2) is 4.79 Å². The standard InChI is InChI=1S/C16H19ClN4O4S/c1-2-24-9-3-8-18-15(23)19-13(22)10-26-16-21-20-14(25-16)11-4-6-12(17)7-5-11/h4-7H,2-3,8-10H2,1H3,(H2,18,19,22,23). The van der Waals surface area contributed by atoms with Gasteiger partial charge in [-0.1, -0.05) is 23.4 Å². The van der Waals surface area contributed by atoms with Crippen molar-refractivity contribution in [3.8, 4) is 11.5 Å². The first-order valence-corrected chi connectivity index (χ1v) is 9.32. The maximum Gasteiger partial charge on any atom is 0.321 e. The van der Waals surface area contributed by atoms with E-state index in [0.29, 0.717) is 37.1 Å². The summed E-state index contributed by atoms with van der Waals surface area (Å²) >= 11 is 6.88. The lowest BCUT2D eigenvalue weighted by Gasteiger charge is -2.06. The van der Waals surface area contributed by atoms with Crippen LogP contribution in [0.4, 0.5) is 4.79 Å². The second-order valence-corrected chi connectivity index (χ2v) is 6.39. The molecule has 0 aliphatic carbocycles. The van der Waals surface area contributed by atoms with E-state index < -0.39 is 11.9 Å². The predicted octanol–water partition coefficient (Wildman–Crippen LogP) is 2.73. The van der Waals surface area contributed by atoms with E-state index in [1.54, 1.807) is 24.3 Å². The van der Waals surface area contributed by atoms with Crippen LogP contribution < -0.4 is 10.6 Å². The summed E-state index contributed by atoms with van der Waals surface area (Å²) in [6.45, 7) is 3.53. The molecule has 0 saturated heterocycles. The first-order valence-electron chi connectivity index (χ1n) is 7.96. The van der Waals surface area contributed by atoms with Gasteiger partial charge in [0, 0.05) is 30.3 Å². The van der Waals surface area contributed by atoms with Gasteiger partial charge in [0.25, 0.3) is 5.22 Å². The Morgan fingerprint density at radius 3 is 2.77 bits per heavy atom. The lowest BCUT2D eigenvalue weighted by molar-refractivity contribution is -0.117. The highest BCUT2D eigenvalue weighted by Crippen LogP contribution is 2.24. The van der Waals surface area contributed by atoms with Crippen molar-refractivity contribution in [2.75, 3.05) is 25.5 Å². The number of hydrogen-bond donors (Lipinski definition) is 2. The molecule has 0 unspecified atom stereocenters. The molecule has 0 atom stereocenters. The molecule has 3 amide bonds. The van der Waals surface area contributed by atoms with Gasteiger partial charge in [-0.3, -0.25) is 10.1 Å². The molecule has 2 rings (SSSR count). The normalized spacial score (nSPS) is 10.5. The Hall–Kier alpha value is -2.10. The number of imide groups is 1. The van der Waals surface area contributed by atoms with E-state index in [-0.39, 0.29) is 11.0 Å². The summed E-state index contributed by atoms with van der Waals surface area (Å²) in [6.07, 6.45) is 0.680. The van der Waals surface area contributed by atoms with E-state index in [2.05, 4.69) is 20.8 Å². The second kappa shape index (κ2) is 10.8. The molecule has 0 aliphatic heterocycles. The number of nitrogens with zero attached hydrogens (tertiary/aromatic N) is 2. The monoisotopic (exact) mass is 398 g/mol. The zero-order valence-corrected chi connectivity index (χ0v) is 15.7. The van der Waals surface area contributed by atoms with Crippen LogP contribution in [-0.4, -0.2) is 47.6 Å². The van der Waals surface area contributed by atoms with E-state index in [1.807, 2.05) is 6.92 Å². The fraction of sp³-hybridized carbons (Fsp3) is 0.375. The molecule has 0 saturated carbocycles. The Balaban J connectivity index is 1.70. The molecular weight excluding hydrogens is 380 g/mol. The van der Waals surface area contributed by atoms with E-state index in [1.165, 1.54) is 0 Å². The highest BCUT2D eigenvalue weighted by molar-refractivity contribution is 7.99. The van der Waals surface area contributed by atoms with Gasteiger partial charge in [0.05, 0.1) is 5.75 Å². The van der Waals surface area contributed by atoms with Crippen LogP contribution in [0.5, 0.6) is 0 Å². The molecule has 1 heterocycles. The van der Waals surface area contributed by atoms with Gasteiger partial charge in [0.2, 0.25) is 11.8 Å². The Morgan fingerprint density at radius 2 is 2.04 bits per heavy atom. The van der Waals surface area contributed by atoms with Crippen molar-refractivity contribution in [1.29, 1.82) is 0 Å². The molecule has 0 bridgehead atoms. The molecule has 10 heteroatoms. The van der Waals surface area contributed by atoms with Crippen molar-refractivity contribution in [1.82, 2.24) is 20.8 Å². The van der Waals surface area contributed by atoms with Gasteiger partial charge in [-0.05, 0) is 37.6 Å². The van der Waals surface area contributed by atoms with Crippen molar-refractivity contribution >= 4 is 35.3 Å². The van der Waals surface area contributed by atoms with E-state index in [9.17, 15) is 9.59 Å². The van der Waals surface area contributed by atoms with Crippen LogP contribution >= 0.6 is 23.4 Å². The molecule has 0 spiro atoms. The number of aromatic nitrogens is 2. The van der Waals surface area contributed by atoms with Crippen LogP contribution in [0.15, 0.2) is 33.9 Å². The van der Waals surface area contributed by atoms with Crippen molar-refractivity contribution in [3.63, 3.8) is 0 Å². The van der Waals surface area contributed by atoms with Gasteiger partial charge in [-0.15, -0.1) is 10.2 Å². The number of halogens is 1. The number of rotatable bonds is 9. The summed E-state index contributed by atoms with van der Waals surface area (Å²) in [5.41, 5.74) is 0.727. The van der Waals surface area contributed by atoms with Gasteiger partial charge in [-0.2, -0.15) is 0 Å². The minimum absolute atomic E-state index is 0.0192. The zero-order valence-electron chi connectivity index (χ0n) is 14.2. The lowest BCUT2D eigenvalue weighted by Crippen LogP contribution is -2.40. The molecule has 1 aromatic carbocycles. The van der Waals surface area contributed by atoms with Crippen molar-refractivity contribution in [2.24, 2.45) is 0 Å². The average Bonchev–Trinajstić information content (AvgIpc) is 3.09. The number of carbonyl (C=O) groups excluding carboxylic acids is 2. The van der Waals surface area contributed by atoms with Crippen molar-refractivity contribution < 1.29 is 18.7 Å². The quantitative estimate of drug-likeness (QED) is 0.494. The first kappa shape index (κ1) is 20.2. The molecule has 2 aromatic rings. The van der Waals surface area contributed by atoms with Crippen molar-refractivity contribution in [2.45, 2.75) is 18.6 Å². The Morgan fingerprint density at radius 1 is 1.27 bits per heavy atom. The maximum atomic E-state index is 11.8. The fourth-order valence-electron chi connectivity index (χ4n) is 1.83. The SMILES string of the molecule is CCOCCCNC(=O)NC(=O)CSc1nnc(-c2ccc(Cl)cc2)o1. The van der Waals surface area contributed by atoms with Crippen LogP contribution in [0.2, 0.25) is 5.02 Å². The number of thioether (sulfide) groups is 1. The Labute approximate surface area is 160 Å². The van der Waals surface area contributed by atoms with Crippen molar-refractivity contribution in [3.05, 3.63) is 29.3 Å². The molecular formula is C16H19ClN4O4S. The number of urea groups is 1. The van der Waals surface area contributed by atoms with E-state index in [4.69, 9.17) is 20.8 Å². The zero-order chi connectivity index (χ0) is 18.8. The van der Waals surface area contributed by atoms with Gasteiger partial charge in [0.1, 0.15) is 0 Å². The van der Waals surface area contributed by atoms with Gasteiger partial charge >= 0.3 is 6.03 Å². The number of ether oxygens (including phenoxy) is 1. The summed E-state index contributed by atoms with van der Waals surface area (Å²) in [4.78, 5) is 23.3.